The zero-order valence-electron chi connectivity index (χ0n) is 12.4. The van der Waals surface area contributed by atoms with Crippen molar-refractivity contribution in [3.05, 3.63) is 41.3 Å². The minimum absolute atomic E-state index is 0.173. The molecule has 0 unspecified atom stereocenters. The molecule has 1 aliphatic rings. The molecule has 1 saturated heterocycles. The molecule has 112 valence electrons. The SMILES string of the molecule is COc1cc(CN2CCC[C@H]2c2cc(C)on2)ccc1O. The van der Waals surface area contributed by atoms with Crippen LogP contribution in [-0.2, 0) is 6.54 Å². The molecule has 2 aromatic rings. The average Bonchev–Trinajstić information content (AvgIpc) is 3.09. The van der Waals surface area contributed by atoms with Gasteiger partial charge in [-0.3, -0.25) is 4.90 Å². The molecule has 1 fully saturated rings. The summed E-state index contributed by atoms with van der Waals surface area (Å²) in [5.74, 6) is 1.54. The first-order valence-electron chi connectivity index (χ1n) is 7.20. The Labute approximate surface area is 124 Å². The third kappa shape index (κ3) is 2.88. The molecule has 1 aromatic carbocycles. The summed E-state index contributed by atoms with van der Waals surface area (Å²) in [6.45, 7) is 3.77. The zero-order valence-corrected chi connectivity index (χ0v) is 12.4. The number of methoxy groups -OCH3 is 1. The van der Waals surface area contributed by atoms with Crippen molar-refractivity contribution >= 4 is 0 Å². The molecule has 2 heterocycles. The molecule has 0 spiro atoms. The van der Waals surface area contributed by atoms with Gasteiger partial charge in [0.15, 0.2) is 11.5 Å². The van der Waals surface area contributed by atoms with E-state index in [-0.39, 0.29) is 5.75 Å². The Bertz CT molecular complexity index is 624. The van der Waals surface area contributed by atoms with Gasteiger partial charge in [-0.15, -0.1) is 0 Å². The van der Waals surface area contributed by atoms with Crippen LogP contribution in [0.15, 0.2) is 28.8 Å². The summed E-state index contributed by atoms with van der Waals surface area (Å²) in [7, 11) is 1.57. The first-order chi connectivity index (χ1) is 10.2. The largest absolute Gasteiger partial charge is 0.504 e. The highest BCUT2D eigenvalue weighted by Crippen LogP contribution is 2.34. The van der Waals surface area contributed by atoms with Crippen LogP contribution in [0.2, 0.25) is 0 Å². The molecular formula is C16H20N2O3. The molecule has 0 saturated carbocycles. The molecule has 5 nitrogen and oxygen atoms in total. The Hall–Kier alpha value is -2.01. The molecule has 0 radical (unpaired) electrons. The van der Waals surface area contributed by atoms with Gasteiger partial charge in [-0.25, -0.2) is 0 Å². The minimum atomic E-state index is 0.173. The van der Waals surface area contributed by atoms with Crippen LogP contribution in [0.25, 0.3) is 0 Å². The topological polar surface area (TPSA) is 58.7 Å². The Balaban J connectivity index is 1.77. The van der Waals surface area contributed by atoms with Gasteiger partial charge in [0.1, 0.15) is 11.5 Å². The van der Waals surface area contributed by atoms with Crippen molar-refractivity contribution in [2.45, 2.75) is 32.4 Å². The molecule has 0 aliphatic carbocycles. The van der Waals surface area contributed by atoms with Gasteiger partial charge in [-0.05, 0) is 44.0 Å². The second-order valence-electron chi connectivity index (χ2n) is 5.50. The standard InChI is InChI=1S/C16H20N2O3/c1-11-8-13(17-21-11)14-4-3-7-18(14)10-12-5-6-15(19)16(9-12)20-2/h5-6,8-9,14,19H,3-4,7,10H2,1-2H3/t14-/m0/s1. The number of aryl methyl sites for hydroxylation is 1. The van der Waals surface area contributed by atoms with E-state index in [0.717, 1.165) is 42.9 Å². The number of ether oxygens (including phenoxy) is 1. The highest BCUT2D eigenvalue weighted by Gasteiger charge is 2.28. The van der Waals surface area contributed by atoms with E-state index in [1.165, 1.54) is 0 Å². The van der Waals surface area contributed by atoms with Crippen LogP contribution in [-0.4, -0.2) is 28.8 Å². The highest BCUT2D eigenvalue weighted by atomic mass is 16.5. The maximum atomic E-state index is 9.67. The lowest BCUT2D eigenvalue weighted by molar-refractivity contribution is 0.236. The maximum absolute atomic E-state index is 9.67. The van der Waals surface area contributed by atoms with E-state index in [2.05, 4.69) is 10.1 Å². The molecule has 1 N–H and O–H groups in total. The number of aromatic nitrogens is 1. The molecule has 1 aliphatic heterocycles. The van der Waals surface area contributed by atoms with Crippen LogP contribution < -0.4 is 4.74 Å². The van der Waals surface area contributed by atoms with E-state index >= 15 is 0 Å². The van der Waals surface area contributed by atoms with Crippen molar-refractivity contribution in [1.29, 1.82) is 0 Å². The second kappa shape index (κ2) is 5.77. The Morgan fingerprint density at radius 3 is 3.00 bits per heavy atom. The Morgan fingerprint density at radius 1 is 1.43 bits per heavy atom. The third-order valence-corrected chi connectivity index (χ3v) is 3.98. The van der Waals surface area contributed by atoms with Crippen molar-refractivity contribution in [2.24, 2.45) is 0 Å². The van der Waals surface area contributed by atoms with E-state index in [4.69, 9.17) is 9.26 Å². The molecule has 0 amide bonds. The van der Waals surface area contributed by atoms with Crippen LogP contribution in [0.5, 0.6) is 11.5 Å². The van der Waals surface area contributed by atoms with Crippen molar-refractivity contribution in [2.75, 3.05) is 13.7 Å². The number of nitrogens with zero attached hydrogens (tertiary/aromatic N) is 2. The summed E-state index contributed by atoms with van der Waals surface area (Å²) in [6.07, 6.45) is 2.26. The van der Waals surface area contributed by atoms with Crippen molar-refractivity contribution in [3.8, 4) is 11.5 Å². The molecule has 5 heteroatoms. The predicted molar refractivity (Wildman–Crippen MR) is 78.3 cm³/mol. The number of phenolic OH excluding ortho intramolecular Hbond substituents is 1. The molecule has 1 atom stereocenters. The Morgan fingerprint density at radius 2 is 2.29 bits per heavy atom. The molecule has 1 aromatic heterocycles. The fourth-order valence-electron chi connectivity index (χ4n) is 2.95. The summed E-state index contributed by atoms with van der Waals surface area (Å²) < 4.78 is 10.4. The molecule has 3 rings (SSSR count). The van der Waals surface area contributed by atoms with Crippen molar-refractivity contribution in [3.63, 3.8) is 0 Å². The lowest BCUT2D eigenvalue weighted by atomic mass is 10.1. The zero-order chi connectivity index (χ0) is 14.8. The van der Waals surface area contributed by atoms with Crippen LogP contribution in [0.4, 0.5) is 0 Å². The molecule has 21 heavy (non-hydrogen) atoms. The van der Waals surface area contributed by atoms with Crippen LogP contribution in [0, 0.1) is 6.92 Å². The molecular weight excluding hydrogens is 268 g/mol. The normalized spacial score (nSPS) is 19.0. The van der Waals surface area contributed by atoms with Crippen LogP contribution >= 0.6 is 0 Å². The summed E-state index contributed by atoms with van der Waals surface area (Å²) in [4.78, 5) is 2.39. The number of rotatable bonds is 4. The first-order valence-corrected chi connectivity index (χ1v) is 7.20. The third-order valence-electron chi connectivity index (χ3n) is 3.98. The van der Waals surface area contributed by atoms with Crippen molar-refractivity contribution in [1.82, 2.24) is 10.1 Å². The predicted octanol–water partition coefficient (Wildman–Crippen LogP) is 3.03. The van der Waals surface area contributed by atoms with Gasteiger partial charge in [-0.2, -0.15) is 0 Å². The van der Waals surface area contributed by atoms with E-state index in [0.29, 0.717) is 11.8 Å². The monoisotopic (exact) mass is 288 g/mol. The smallest absolute Gasteiger partial charge is 0.160 e. The Kier molecular flexibility index (Phi) is 3.84. The summed E-state index contributed by atoms with van der Waals surface area (Å²) in [5, 5.41) is 13.8. The van der Waals surface area contributed by atoms with Crippen LogP contribution in [0.3, 0.4) is 0 Å². The van der Waals surface area contributed by atoms with Gasteiger partial charge in [0, 0.05) is 12.6 Å². The number of aromatic hydroxyl groups is 1. The number of hydrogen-bond acceptors (Lipinski definition) is 5. The van der Waals surface area contributed by atoms with Gasteiger partial charge < -0.3 is 14.4 Å². The van der Waals surface area contributed by atoms with Crippen LogP contribution in [0.1, 0.15) is 35.9 Å². The van der Waals surface area contributed by atoms with E-state index < -0.39 is 0 Å². The fourth-order valence-corrected chi connectivity index (χ4v) is 2.95. The lowest BCUT2D eigenvalue weighted by Gasteiger charge is -2.22. The second-order valence-corrected chi connectivity index (χ2v) is 5.50. The number of phenols is 1. The highest BCUT2D eigenvalue weighted by molar-refractivity contribution is 5.41. The quantitative estimate of drug-likeness (QED) is 0.937. The fraction of sp³-hybridized carbons (Fsp3) is 0.438. The van der Waals surface area contributed by atoms with E-state index in [9.17, 15) is 5.11 Å². The maximum Gasteiger partial charge on any atom is 0.160 e. The minimum Gasteiger partial charge on any atom is -0.504 e. The molecule has 0 bridgehead atoms. The van der Waals surface area contributed by atoms with E-state index in [1.54, 1.807) is 13.2 Å². The van der Waals surface area contributed by atoms with Gasteiger partial charge in [0.25, 0.3) is 0 Å². The number of hydrogen-bond donors (Lipinski definition) is 1. The lowest BCUT2D eigenvalue weighted by Crippen LogP contribution is -2.23. The van der Waals surface area contributed by atoms with Gasteiger partial charge >= 0.3 is 0 Å². The van der Waals surface area contributed by atoms with Gasteiger partial charge in [0.2, 0.25) is 0 Å². The summed E-state index contributed by atoms with van der Waals surface area (Å²) in [5.41, 5.74) is 2.13. The van der Waals surface area contributed by atoms with Gasteiger partial charge in [-0.1, -0.05) is 11.2 Å². The summed E-state index contributed by atoms with van der Waals surface area (Å²) in [6, 6.07) is 7.82. The number of likely N-dealkylation sites (tertiary alicyclic amines) is 1. The number of benzene rings is 1. The van der Waals surface area contributed by atoms with E-state index in [1.807, 2.05) is 25.1 Å². The van der Waals surface area contributed by atoms with Gasteiger partial charge in [0.05, 0.1) is 13.2 Å². The van der Waals surface area contributed by atoms with Crippen molar-refractivity contribution < 1.29 is 14.4 Å². The first kappa shape index (κ1) is 13.9. The summed E-state index contributed by atoms with van der Waals surface area (Å²) >= 11 is 0. The average molecular weight is 288 g/mol.